The zero-order valence-corrected chi connectivity index (χ0v) is 13.7. The summed E-state index contributed by atoms with van der Waals surface area (Å²) in [5.74, 6) is 0.434. The molecule has 1 unspecified atom stereocenters. The molecular formula is C19H20FN3O. The van der Waals surface area contributed by atoms with Gasteiger partial charge in [-0.15, -0.1) is 0 Å². The van der Waals surface area contributed by atoms with E-state index in [1.807, 2.05) is 48.1 Å². The first-order valence-electron chi connectivity index (χ1n) is 7.76. The second-order valence-corrected chi connectivity index (χ2v) is 5.65. The third kappa shape index (κ3) is 3.16. The lowest BCUT2D eigenvalue weighted by atomic mass is 9.95. The average Bonchev–Trinajstić information content (AvgIpc) is 2.97. The van der Waals surface area contributed by atoms with Crippen molar-refractivity contribution in [1.29, 1.82) is 0 Å². The molecule has 124 valence electrons. The molecule has 0 spiro atoms. The fraction of sp³-hybridized carbons (Fsp3) is 0.211. The summed E-state index contributed by atoms with van der Waals surface area (Å²) < 4.78 is 20.5. The van der Waals surface area contributed by atoms with Gasteiger partial charge in [-0.1, -0.05) is 12.1 Å². The molecule has 3 rings (SSSR count). The van der Waals surface area contributed by atoms with Crippen molar-refractivity contribution >= 4 is 0 Å². The highest BCUT2D eigenvalue weighted by atomic mass is 19.1. The number of aryl methyl sites for hydroxylation is 1. The lowest BCUT2D eigenvalue weighted by Gasteiger charge is -2.15. The maximum atomic E-state index is 13.5. The molecule has 0 aliphatic rings. The maximum Gasteiger partial charge on any atom is 0.123 e. The summed E-state index contributed by atoms with van der Waals surface area (Å²) in [5, 5.41) is 4.58. The predicted molar refractivity (Wildman–Crippen MR) is 92.5 cm³/mol. The van der Waals surface area contributed by atoms with Crippen molar-refractivity contribution in [2.75, 3.05) is 13.7 Å². The molecule has 0 bridgehead atoms. The molecule has 0 saturated carbocycles. The van der Waals surface area contributed by atoms with Crippen LogP contribution in [0.4, 0.5) is 4.39 Å². The molecular weight excluding hydrogens is 305 g/mol. The van der Waals surface area contributed by atoms with Crippen molar-refractivity contribution in [2.45, 2.75) is 5.92 Å². The molecule has 0 radical (unpaired) electrons. The summed E-state index contributed by atoms with van der Waals surface area (Å²) in [7, 11) is 3.52. The predicted octanol–water partition coefficient (Wildman–Crippen LogP) is 3.33. The van der Waals surface area contributed by atoms with E-state index in [2.05, 4.69) is 5.10 Å². The van der Waals surface area contributed by atoms with Crippen molar-refractivity contribution in [3.05, 3.63) is 71.7 Å². The zero-order valence-electron chi connectivity index (χ0n) is 13.7. The lowest BCUT2D eigenvalue weighted by molar-refractivity contribution is 0.415. The van der Waals surface area contributed by atoms with E-state index in [9.17, 15) is 4.39 Å². The van der Waals surface area contributed by atoms with Crippen molar-refractivity contribution in [3.8, 4) is 17.0 Å². The Balaban J connectivity index is 1.97. The highest BCUT2D eigenvalue weighted by Gasteiger charge is 2.18. The average molecular weight is 325 g/mol. The zero-order chi connectivity index (χ0) is 17.1. The Kier molecular flexibility index (Phi) is 4.62. The summed E-state index contributed by atoms with van der Waals surface area (Å²) in [6, 6.07) is 16.3. The standard InChI is InChI=1S/C19H20FN3O/c1-23-19(17(12-21)14-4-3-5-15(20)10-14)11-18(22-23)13-6-8-16(24-2)9-7-13/h3-11,17H,12,21H2,1-2H3. The van der Waals surface area contributed by atoms with E-state index in [-0.39, 0.29) is 11.7 Å². The van der Waals surface area contributed by atoms with Gasteiger partial charge in [-0.25, -0.2) is 4.39 Å². The lowest BCUT2D eigenvalue weighted by Crippen LogP contribution is -2.17. The second kappa shape index (κ2) is 6.84. The van der Waals surface area contributed by atoms with Crippen LogP contribution in [0.15, 0.2) is 54.6 Å². The van der Waals surface area contributed by atoms with Crippen LogP contribution >= 0.6 is 0 Å². The Hall–Kier alpha value is -2.66. The molecule has 0 saturated heterocycles. The third-order valence-corrected chi connectivity index (χ3v) is 4.15. The minimum atomic E-state index is -0.261. The van der Waals surface area contributed by atoms with Crippen molar-refractivity contribution in [3.63, 3.8) is 0 Å². The smallest absolute Gasteiger partial charge is 0.123 e. The van der Waals surface area contributed by atoms with Crippen LogP contribution in [0.1, 0.15) is 17.2 Å². The monoisotopic (exact) mass is 325 g/mol. The van der Waals surface area contributed by atoms with E-state index in [1.54, 1.807) is 13.2 Å². The molecule has 24 heavy (non-hydrogen) atoms. The Morgan fingerprint density at radius 3 is 2.54 bits per heavy atom. The molecule has 4 nitrogen and oxygen atoms in total. The minimum Gasteiger partial charge on any atom is -0.497 e. The number of nitrogens with zero attached hydrogens (tertiary/aromatic N) is 2. The summed E-state index contributed by atoms with van der Waals surface area (Å²) in [6.07, 6.45) is 0. The first-order chi connectivity index (χ1) is 11.6. The van der Waals surface area contributed by atoms with Gasteiger partial charge in [0.1, 0.15) is 11.6 Å². The summed E-state index contributed by atoms with van der Waals surface area (Å²) in [6.45, 7) is 0.380. The van der Waals surface area contributed by atoms with Gasteiger partial charge >= 0.3 is 0 Å². The molecule has 0 aliphatic carbocycles. The Labute approximate surface area is 140 Å². The van der Waals surface area contributed by atoms with Gasteiger partial charge in [-0.2, -0.15) is 5.10 Å². The molecule has 3 aromatic rings. The number of ether oxygens (including phenoxy) is 1. The first-order valence-corrected chi connectivity index (χ1v) is 7.76. The Morgan fingerprint density at radius 2 is 1.92 bits per heavy atom. The number of hydrogen-bond acceptors (Lipinski definition) is 3. The molecule has 0 amide bonds. The number of benzene rings is 2. The second-order valence-electron chi connectivity index (χ2n) is 5.65. The third-order valence-electron chi connectivity index (χ3n) is 4.15. The SMILES string of the molecule is COc1ccc(-c2cc(C(CN)c3cccc(F)c3)n(C)n2)cc1. The number of nitrogens with two attached hydrogens (primary N) is 1. The van der Waals surface area contributed by atoms with E-state index in [0.717, 1.165) is 28.3 Å². The molecule has 1 aromatic heterocycles. The first kappa shape index (κ1) is 16.2. The normalized spacial score (nSPS) is 12.2. The van der Waals surface area contributed by atoms with Crippen LogP contribution in [0.3, 0.4) is 0 Å². The summed E-state index contributed by atoms with van der Waals surface area (Å²) in [4.78, 5) is 0. The molecule has 0 fully saturated rings. The van der Waals surface area contributed by atoms with Gasteiger partial charge in [0.05, 0.1) is 12.8 Å². The number of halogens is 1. The van der Waals surface area contributed by atoms with E-state index in [4.69, 9.17) is 10.5 Å². The molecule has 2 N–H and O–H groups in total. The summed E-state index contributed by atoms with van der Waals surface area (Å²) in [5.41, 5.74) is 9.61. The molecule has 5 heteroatoms. The fourth-order valence-corrected chi connectivity index (χ4v) is 2.86. The van der Waals surface area contributed by atoms with Crippen LogP contribution in [0.5, 0.6) is 5.75 Å². The van der Waals surface area contributed by atoms with Crippen LogP contribution < -0.4 is 10.5 Å². The quantitative estimate of drug-likeness (QED) is 0.783. The van der Waals surface area contributed by atoms with Crippen LogP contribution in [0, 0.1) is 5.82 Å². The van der Waals surface area contributed by atoms with Crippen molar-refractivity contribution in [1.82, 2.24) is 9.78 Å². The van der Waals surface area contributed by atoms with Gasteiger partial charge in [0.15, 0.2) is 0 Å². The Morgan fingerprint density at radius 1 is 1.17 bits per heavy atom. The number of methoxy groups -OCH3 is 1. The van der Waals surface area contributed by atoms with Crippen LogP contribution in [-0.2, 0) is 7.05 Å². The number of hydrogen-bond donors (Lipinski definition) is 1. The van der Waals surface area contributed by atoms with E-state index < -0.39 is 0 Å². The van der Waals surface area contributed by atoms with Gasteiger partial charge in [-0.3, -0.25) is 4.68 Å². The van der Waals surface area contributed by atoms with E-state index in [1.165, 1.54) is 12.1 Å². The highest BCUT2D eigenvalue weighted by molar-refractivity contribution is 5.61. The largest absolute Gasteiger partial charge is 0.497 e. The van der Waals surface area contributed by atoms with Gasteiger partial charge in [0, 0.05) is 30.8 Å². The minimum absolute atomic E-state index is 0.106. The van der Waals surface area contributed by atoms with Crippen molar-refractivity contribution in [2.24, 2.45) is 12.8 Å². The molecule has 1 heterocycles. The van der Waals surface area contributed by atoms with E-state index in [0.29, 0.717) is 6.54 Å². The Bertz CT molecular complexity index is 827. The van der Waals surface area contributed by atoms with Crippen LogP contribution in [0.25, 0.3) is 11.3 Å². The number of rotatable bonds is 5. The maximum absolute atomic E-state index is 13.5. The molecule has 1 atom stereocenters. The van der Waals surface area contributed by atoms with Gasteiger partial charge < -0.3 is 10.5 Å². The molecule has 2 aromatic carbocycles. The van der Waals surface area contributed by atoms with Crippen LogP contribution in [0.2, 0.25) is 0 Å². The van der Waals surface area contributed by atoms with Crippen molar-refractivity contribution < 1.29 is 9.13 Å². The highest BCUT2D eigenvalue weighted by Crippen LogP contribution is 2.28. The topological polar surface area (TPSA) is 53.1 Å². The summed E-state index contributed by atoms with van der Waals surface area (Å²) >= 11 is 0. The van der Waals surface area contributed by atoms with E-state index >= 15 is 0 Å². The fourth-order valence-electron chi connectivity index (χ4n) is 2.86. The molecule has 0 aliphatic heterocycles. The van der Waals surface area contributed by atoms with Gasteiger partial charge in [0.25, 0.3) is 0 Å². The van der Waals surface area contributed by atoms with Gasteiger partial charge in [0.2, 0.25) is 0 Å². The van der Waals surface area contributed by atoms with Crippen LogP contribution in [-0.4, -0.2) is 23.4 Å². The number of aromatic nitrogens is 2. The van der Waals surface area contributed by atoms with Gasteiger partial charge in [-0.05, 0) is 48.0 Å².